The van der Waals surface area contributed by atoms with E-state index in [0.29, 0.717) is 18.7 Å². The van der Waals surface area contributed by atoms with Gasteiger partial charge in [-0.05, 0) is 13.0 Å². The minimum absolute atomic E-state index is 0.145. The Bertz CT molecular complexity index is 556. The van der Waals surface area contributed by atoms with Gasteiger partial charge in [-0.25, -0.2) is 18.0 Å². The number of amides is 2. The molecule has 1 aliphatic heterocycles. The molecule has 22 heavy (non-hydrogen) atoms. The first-order chi connectivity index (χ1) is 10.4. The molecule has 1 aliphatic rings. The summed E-state index contributed by atoms with van der Waals surface area (Å²) in [5.74, 6) is -3.40. The van der Waals surface area contributed by atoms with Crippen molar-refractivity contribution in [2.24, 2.45) is 0 Å². The average Bonchev–Trinajstić information content (AvgIpc) is 2.88. The summed E-state index contributed by atoms with van der Waals surface area (Å²) >= 11 is 0. The fourth-order valence-electron chi connectivity index (χ4n) is 2.33. The Morgan fingerprint density at radius 2 is 2.00 bits per heavy atom. The number of halogens is 3. The Morgan fingerprint density at radius 3 is 2.59 bits per heavy atom. The van der Waals surface area contributed by atoms with E-state index in [1.165, 1.54) is 4.90 Å². The van der Waals surface area contributed by atoms with Crippen LogP contribution in [0.15, 0.2) is 12.1 Å². The standard InChI is InChI=1S/C14H17F3N2O3/c1-2-19(12-6-22-7-13(12)20)14(21)18-5-8-3-10(16)11(17)4-9(8)15/h3-4,12-13,20H,2,5-7H2,1H3,(H,18,21)/t12-,13-/m0/s1. The van der Waals surface area contributed by atoms with E-state index in [1.807, 2.05) is 0 Å². The summed E-state index contributed by atoms with van der Waals surface area (Å²) in [6.07, 6.45) is -0.786. The van der Waals surface area contributed by atoms with E-state index in [-0.39, 0.29) is 25.3 Å². The highest BCUT2D eigenvalue weighted by molar-refractivity contribution is 5.74. The normalized spacial score (nSPS) is 21.0. The molecule has 1 saturated heterocycles. The fraction of sp³-hybridized carbons (Fsp3) is 0.500. The highest BCUT2D eigenvalue weighted by Gasteiger charge is 2.33. The number of likely N-dealkylation sites (N-methyl/N-ethyl adjacent to an activating group) is 1. The summed E-state index contributed by atoms with van der Waals surface area (Å²) in [6.45, 7) is 2.11. The van der Waals surface area contributed by atoms with E-state index in [2.05, 4.69) is 5.32 Å². The van der Waals surface area contributed by atoms with E-state index in [9.17, 15) is 23.1 Å². The van der Waals surface area contributed by atoms with Crippen LogP contribution in [0.3, 0.4) is 0 Å². The SMILES string of the molecule is CCN(C(=O)NCc1cc(F)c(F)cc1F)[C@H]1COC[C@@H]1O. The molecule has 122 valence electrons. The maximum atomic E-state index is 13.5. The molecular formula is C14H17F3N2O3. The Kier molecular flexibility index (Phi) is 5.25. The van der Waals surface area contributed by atoms with Crippen molar-refractivity contribution in [3.8, 4) is 0 Å². The molecule has 1 aromatic rings. The largest absolute Gasteiger partial charge is 0.388 e. The van der Waals surface area contributed by atoms with Gasteiger partial charge in [0, 0.05) is 24.7 Å². The van der Waals surface area contributed by atoms with Crippen LogP contribution in [0.2, 0.25) is 0 Å². The van der Waals surface area contributed by atoms with Crippen molar-refractivity contribution < 1.29 is 27.8 Å². The molecule has 2 rings (SSSR count). The molecule has 0 unspecified atom stereocenters. The van der Waals surface area contributed by atoms with Gasteiger partial charge >= 0.3 is 6.03 Å². The molecule has 2 N–H and O–H groups in total. The lowest BCUT2D eigenvalue weighted by Gasteiger charge is -2.28. The first-order valence-corrected chi connectivity index (χ1v) is 6.87. The molecule has 1 heterocycles. The van der Waals surface area contributed by atoms with Crippen LogP contribution < -0.4 is 5.32 Å². The lowest BCUT2D eigenvalue weighted by Crippen LogP contribution is -2.50. The quantitative estimate of drug-likeness (QED) is 0.825. The monoisotopic (exact) mass is 318 g/mol. The number of carbonyl (C=O) groups is 1. The van der Waals surface area contributed by atoms with Gasteiger partial charge in [-0.2, -0.15) is 0 Å². The number of nitrogens with zero attached hydrogens (tertiary/aromatic N) is 1. The van der Waals surface area contributed by atoms with Gasteiger partial charge in [0.05, 0.1) is 25.4 Å². The van der Waals surface area contributed by atoms with Crippen LogP contribution in [0.25, 0.3) is 0 Å². The van der Waals surface area contributed by atoms with Crippen LogP contribution in [-0.4, -0.2) is 47.9 Å². The number of hydrogen-bond acceptors (Lipinski definition) is 3. The van der Waals surface area contributed by atoms with Crippen LogP contribution in [0.1, 0.15) is 12.5 Å². The van der Waals surface area contributed by atoms with Crippen molar-refractivity contribution in [2.75, 3.05) is 19.8 Å². The van der Waals surface area contributed by atoms with Crippen molar-refractivity contribution in [3.63, 3.8) is 0 Å². The van der Waals surface area contributed by atoms with Crippen molar-refractivity contribution in [1.29, 1.82) is 0 Å². The van der Waals surface area contributed by atoms with Gasteiger partial charge in [-0.3, -0.25) is 0 Å². The number of urea groups is 1. The zero-order valence-corrected chi connectivity index (χ0v) is 12.0. The average molecular weight is 318 g/mol. The Hall–Kier alpha value is -1.80. The molecule has 0 aliphatic carbocycles. The first-order valence-electron chi connectivity index (χ1n) is 6.87. The molecule has 8 heteroatoms. The lowest BCUT2D eigenvalue weighted by atomic mass is 10.2. The van der Waals surface area contributed by atoms with Crippen LogP contribution in [0, 0.1) is 17.5 Å². The number of nitrogens with one attached hydrogen (secondary N) is 1. The smallest absolute Gasteiger partial charge is 0.318 e. The lowest BCUT2D eigenvalue weighted by molar-refractivity contribution is 0.0962. The molecule has 1 fully saturated rings. The van der Waals surface area contributed by atoms with Gasteiger partial charge in [-0.15, -0.1) is 0 Å². The second-order valence-electron chi connectivity index (χ2n) is 4.97. The van der Waals surface area contributed by atoms with Gasteiger partial charge in [0.1, 0.15) is 5.82 Å². The predicted octanol–water partition coefficient (Wildman–Crippen LogP) is 1.40. The Labute approximate surface area is 125 Å². The number of aliphatic hydroxyl groups excluding tert-OH is 1. The maximum Gasteiger partial charge on any atom is 0.318 e. The van der Waals surface area contributed by atoms with E-state index >= 15 is 0 Å². The second kappa shape index (κ2) is 6.97. The summed E-state index contributed by atoms with van der Waals surface area (Å²) in [7, 11) is 0. The molecule has 0 aromatic heterocycles. The summed E-state index contributed by atoms with van der Waals surface area (Å²) in [4.78, 5) is 13.5. The maximum absolute atomic E-state index is 13.5. The summed E-state index contributed by atoms with van der Waals surface area (Å²) in [5, 5.41) is 12.2. The number of benzene rings is 1. The van der Waals surface area contributed by atoms with Gasteiger partial charge in [0.25, 0.3) is 0 Å². The second-order valence-corrected chi connectivity index (χ2v) is 4.97. The molecule has 5 nitrogen and oxygen atoms in total. The minimum Gasteiger partial charge on any atom is -0.388 e. The van der Waals surface area contributed by atoms with E-state index < -0.39 is 35.6 Å². The van der Waals surface area contributed by atoms with Crippen LogP contribution >= 0.6 is 0 Å². The van der Waals surface area contributed by atoms with Gasteiger partial charge < -0.3 is 20.1 Å². The van der Waals surface area contributed by atoms with Crippen LogP contribution in [0.5, 0.6) is 0 Å². The third kappa shape index (κ3) is 3.50. The summed E-state index contributed by atoms with van der Waals surface area (Å²) in [5.41, 5.74) is -0.161. The zero-order chi connectivity index (χ0) is 16.3. The Balaban J connectivity index is 2.01. The molecule has 2 amide bonds. The van der Waals surface area contributed by atoms with E-state index in [4.69, 9.17) is 4.74 Å². The summed E-state index contributed by atoms with van der Waals surface area (Å²) < 4.78 is 44.5. The van der Waals surface area contributed by atoms with Gasteiger partial charge in [-0.1, -0.05) is 0 Å². The van der Waals surface area contributed by atoms with Crippen molar-refractivity contribution >= 4 is 6.03 Å². The van der Waals surface area contributed by atoms with Crippen molar-refractivity contribution in [3.05, 3.63) is 35.1 Å². The van der Waals surface area contributed by atoms with Gasteiger partial charge in [0.2, 0.25) is 0 Å². The third-order valence-electron chi connectivity index (χ3n) is 3.54. The highest BCUT2D eigenvalue weighted by atomic mass is 19.2. The number of rotatable bonds is 4. The Morgan fingerprint density at radius 1 is 1.32 bits per heavy atom. The van der Waals surface area contributed by atoms with Crippen molar-refractivity contribution in [2.45, 2.75) is 25.6 Å². The first kappa shape index (κ1) is 16.6. The van der Waals surface area contributed by atoms with Gasteiger partial charge in [0.15, 0.2) is 11.6 Å². The zero-order valence-electron chi connectivity index (χ0n) is 12.0. The van der Waals surface area contributed by atoms with E-state index in [0.717, 1.165) is 0 Å². The molecule has 0 spiro atoms. The molecular weight excluding hydrogens is 301 g/mol. The molecule has 0 radical (unpaired) electrons. The molecule has 1 aromatic carbocycles. The molecule has 0 bridgehead atoms. The fourth-order valence-corrected chi connectivity index (χ4v) is 2.33. The van der Waals surface area contributed by atoms with Crippen molar-refractivity contribution in [1.82, 2.24) is 10.2 Å². The molecule has 2 atom stereocenters. The summed E-state index contributed by atoms with van der Waals surface area (Å²) in [6, 6.07) is 0.110. The van der Waals surface area contributed by atoms with Crippen LogP contribution in [0.4, 0.5) is 18.0 Å². The topological polar surface area (TPSA) is 61.8 Å². The number of hydrogen-bond donors (Lipinski definition) is 2. The minimum atomic E-state index is -1.28. The predicted molar refractivity (Wildman–Crippen MR) is 71.5 cm³/mol. The third-order valence-corrected chi connectivity index (χ3v) is 3.54. The number of ether oxygens (including phenoxy) is 1. The molecule has 0 saturated carbocycles. The van der Waals surface area contributed by atoms with Crippen LogP contribution in [-0.2, 0) is 11.3 Å². The van der Waals surface area contributed by atoms with E-state index in [1.54, 1.807) is 6.92 Å². The number of carbonyl (C=O) groups excluding carboxylic acids is 1. The highest BCUT2D eigenvalue weighted by Crippen LogP contribution is 2.15. The number of aliphatic hydroxyl groups is 1.